The Morgan fingerprint density at radius 1 is 0.880 bits per heavy atom. The van der Waals surface area contributed by atoms with Crippen LogP contribution in [0.3, 0.4) is 0 Å². The summed E-state index contributed by atoms with van der Waals surface area (Å²) in [5.41, 5.74) is 0.865. The van der Waals surface area contributed by atoms with E-state index in [1.807, 2.05) is 6.92 Å². The van der Waals surface area contributed by atoms with Crippen LogP contribution in [0.4, 0.5) is 30.2 Å². The second kappa shape index (κ2) is 7.77. The fourth-order valence-corrected chi connectivity index (χ4v) is 3.36. The SMILES string of the molecule is CCCCS(=O)(=O)Nc1ccc(Nc2ccc(C(F)(F)F)cc2)cc1. The van der Waals surface area contributed by atoms with E-state index in [9.17, 15) is 21.6 Å². The van der Waals surface area contributed by atoms with Gasteiger partial charge in [-0.3, -0.25) is 4.72 Å². The van der Waals surface area contributed by atoms with Crippen molar-refractivity contribution in [1.29, 1.82) is 0 Å². The Balaban J connectivity index is 2.01. The van der Waals surface area contributed by atoms with Gasteiger partial charge in [0, 0.05) is 17.1 Å². The summed E-state index contributed by atoms with van der Waals surface area (Å²) >= 11 is 0. The summed E-state index contributed by atoms with van der Waals surface area (Å²) in [6.07, 6.45) is -2.99. The molecule has 8 heteroatoms. The minimum absolute atomic E-state index is 0.0645. The first-order valence-corrected chi connectivity index (χ1v) is 9.40. The van der Waals surface area contributed by atoms with E-state index in [1.165, 1.54) is 12.1 Å². The Morgan fingerprint density at radius 2 is 1.36 bits per heavy atom. The molecule has 0 aliphatic carbocycles. The van der Waals surface area contributed by atoms with Crippen LogP contribution in [0.15, 0.2) is 48.5 Å². The van der Waals surface area contributed by atoms with Gasteiger partial charge in [0.1, 0.15) is 0 Å². The van der Waals surface area contributed by atoms with Gasteiger partial charge in [0.05, 0.1) is 11.3 Å². The lowest BCUT2D eigenvalue weighted by atomic mass is 10.2. The van der Waals surface area contributed by atoms with Crippen LogP contribution in [0.25, 0.3) is 0 Å². The highest BCUT2D eigenvalue weighted by atomic mass is 32.2. The quantitative estimate of drug-likeness (QED) is 0.720. The van der Waals surface area contributed by atoms with Crippen molar-refractivity contribution in [1.82, 2.24) is 0 Å². The predicted molar refractivity (Wildman–Crippen MR) is 93.5 cm³/mol. The first kappa shape index (κ1) is 19.1. The van der Waals surface area contributed by atoms with Crippen LogP contribution >= 0.6 is 0 Å². The third kappa shape index (κ3) is 5.97. The van der Waals surface area contributed by atoms with Crippen molar-refractivity contribution in [2.75, 3.05) is 15.8 Å². The predicted octanol–water partition coefficient (Wildman–Crippen LogP) is 4.99. The lowest BCUT2D eigenvalue weighted by Crippen LogP contribution is -2.16. The molecule has 25 heavy (non-hydrogen) atoms. The van der Waals surface area contributed by atoms with E-state index in [0.29, 0.717) is 23.5 Å². The van der Waals surface area contributed by atoms with Gasteiger partial charge in [-0.2, -0.15) is 13.2 Å². The van der Waals surface area contributed by atoms with Crippen LogP contribution < -0.4 is 10.0 Å². The minimum Gasteiger partial charge on any atom is -0.356 e. The standard InChI is InChI=1S/C17H19F3N2O2S/c1-2-3-12-25(23,24)22-16-10-8-15(9-11-16)21-14-6-4-13(5-7-14)17(18,19)20/h4-11,21-22H,2-3,12H2,1H3. The maximum absolute atomic E-state index is 12.5. The summed E-state index contributed by atoms with van der Waals surface area (Å²) in [4.78, 5) is 0. The van der Waals surface area contributed by atoms with Gasteiger partial charge in [-0.15, -0.1) is 0 Å². The van der Waals surface area contributed by atoms with Crippen molar-refractivity contribution in [3.05, 3.63) is 54.1 Å². The second-order valence-electron chi connectivity index (χ2n) is 5.55. The number of alkyl halides is 3. The molecule has 0 saturated carbocycles. The van der Waals surface area contributed by atoms with Crippen LogP contribution in [0.2, 0.25) is 0 Å². The Hall–Kier alpha value is -2.22. The zero-order chi connectivity index (χ0) is 18.5. The van der Waals surface area contributed by atoms with E-state index >= 15 is 0 Å². The van der Waals surface area contributed by atoms with Crippen LogP contribution in [0.5, 0.6) is 0 Å². The summed E-state index contributed by atoms with van der Waals surface area (Å²) in [5.74, 6) is 0.0645. The highest BCUT2D eigenvalue weighted by molar-refractivity contribution is 7.92. The average molecular weight is 372 g/mol. The molecule has 0 atom stereocenters. The number of unbranched alkanes of at least 4 members (excludes halogenated alkanes) is 1. The zero-order valence-corrected chi connectivity index (χ0v) is 14.4. The number of hydrogen-bond donors (Lipinski definition) is 2. The summed E-state index contributed by atoms with van der Waals surface area (Å²) in [7, 11) is -3.36. The van der Waals surface area contributed by atoms with Gasteiger partial charge in [-0.1, -0.05) is 13.3 Å². The smallest absolute Gasteiger partial charge is 0.356 e. The van der Waals surface area contributed by atoms with E-state index < -0.39 is 21.8 Å². The molecule has 0 bridgehead atoms. The van der Waals surface area contributed by atoms with Crippen molar-refractivity contribution in [2.24, 2.45) is 0 Å². The van der Waals surface area contributed by atoms with Crippen LogP contribution in [-0.4, -0.2) is 14.2 Å². The lowest BCUT2D eigenvalue weighted by Gasteiger charge is -2.11. The average Bonchev–Trinajstić information content (AvgIpc) is 2.54. The maximum atomic E-state index is 12.5. The number of rotatable bonds is 7. The summed E-state index contributed by atoms with van der Waals surface area (Å²) < 4.78 is 63.7. The fourth-order valence-electron chi connectivity index (χ4n) is 2.10. The van der Waals surface area contributed by atoms with Gasteiger partial charge in [0.15, 0.2) is 0 Å². The van der Waals surface area contributed by atoms with E-state index in [2.05, 4.69) is 10.0 Å². The number of anilines is 3. The van der Waals surface area contributed by atoms with Gasteiger partial charge in [-0.25, -0.2) is 8.42 Å². The van der Waals surface area contributed by atoms with Gasteiger partial charge in [0.25, 0.3) is 0 Å². The van der Waals surface area contributed by atoms with Crippen molar-refractivity contribution in [3.63, 3.8) is 0 Å². The summed E-state index contributed by atoms with van der Waals surface area (Å²) in [6, 6.07) is 11.2. The Morgan fingerprint density at radius 3 is 1.84 bits per heavy atom. The molecule has 2 N–H and O–H groups in total. The molecular formula is C17H19F3N2O2S. The Kier molecular flexibility index (Phi) is 5.94. The van der Waals surface area contributed by atoms with E-state index in [0.717, 1.165) is 18.6 Å². The summed E-state index contributed by atoms with van der Waals surface area (Å²) in [6.45, 7) is 1.91. The molecule has 2 aromatic rings. The first-order valence-electron chi connectivity index (χ1n) is 7.74. The molecule has 0 aliphatic heterocycles. The molecule has 0 spiro atoms. The number of halogens is 3. The molecule has 0 unspecified atom stereocenters. The molecule has 0 amide bonds. The highest BCUT2D eigenvalue weighted by Crippen LogP contribution is 2.30. The lowest BCUT2D eigenvalue weighted by molar-refractivity contribution is -0.137. The topological polar surface area (TPSA) is 58.2 Å². The third-order valence-electron chi connectivity index (χ3n) is 3.43. The molecule has 2 aromatic carbocycles. The fraction of sp³-hybridized carbons (Fsp3) is 0.294. The van der Waals surface area contributed by atoms with Crippen molar-refractivity contribution in [2.45, 2.75) is 25.9 Å². The molecule has 0 aliphatic rings. The second-order valence-corrected chi connectivity index (χ2v) is 7.39. The molecule has 2 rings (SSSR count). The third-order valence-corrected chi connectivity index (χ3v) is 4.80. The Labute approximate surface area is 145 Å². The largest absolute Gasteiger partial charge is 0.416 e. The number of hydrogen-bond acceptors (Lipinski definition) is 3. The monoisotopic (exact) mass is 372 g/mol. The van der Waals surface area contributed by atoms with Crippen LogP contribution in [0.1, 0.15) is 25.3 Å². The highest BCUT2D eigenvalue weighted by Gasteiger charge is 2.29. The van der Waals surface area contributed by atoms with Crippen LogP contribution in [0, 0.1) is 0 Å². The first-order chi connectivity index (χ1) is 11.7. The molecule has 0 aromatic heterocycles. The van der Waals surface area contributed by atoms with Gasteiger partial charge < -0.3 is 5.32 Å². The molecule has 0 fully saturated rings. The Bertz CT molecular complexity index is 786. The van der Waals surface area contributed by atoms with E-state index in [-0.39, 0.29) is 5.75 Å². The summed E-state index contributed by atoms with van der Waals surface area (Å²) in [5, 5.41) is 2.96. The zero-order valence-electron chi connectivity index (χ0n) is 13.6. The van der Waals surface area contributed by atoms with Crippen LogP contribution in [-0.2, 0) is 16.2 Å². The van der Waals surface area contributed by atoms with E-state index in [4.69, 9.17) is 0 Å². The van der Waals surface area contributed by atoms with Crippen molar-refractivity contribution in [3.8, 4) is 0 Å². The number of benzene rings is 2. The van der Waals surface area contributed by atoms with Crippen molar-refractivity contribution >= 4 is 27.1 Å². The van der Waals surface area contributed by atoms with Gasteiger partial charge in [-0.05, 0) is 55.0 Å². The minimum atomic E-state index is -4.37. The van der Waals surface area contributed by atoms with Gasteiger partial charge in [0.2, 0.25) is 10.0 Å². The molecule has 0 saturated heterocycles. The van der Waals surface area contributed by atoms with Gasteiger partial charge >= 0.3 is 6.18 Å². The number of nitrogens with one attached hydrogen (secondary N) is 2. The molecule has 4 nitrogen and oxygen atoms in total. The molecule has 136 valence electrons. The maximum Gasteiger partial charge on any atom is 0.416 e. The number of sulfonamides is 1. The van der Waals surface area contributed by atoms with E-state index in [1.54, 1.807) is 24.3 Å². The molecule has 0 radical (unpaired) electrons. The normalized spacial score (nSPS) is 12.0. The van der Waals surface area contributed by atoms with Crippen molar-refractivity contribution < 1.29 is 21.6 Å². The molecule has 0 heterocycles. The molecular weight excluding hydrogens is 353 g/mol.